The fourth-order valence-corrected chi connectivity index (χ4v) is 5.51. The summed E-state index contributed by atoms with van der Waals surface area (Å²) in [6.07, 6.45) is 0. The predicted molar refractivity (Wildman–Crippen MR) is 144 cm³/mol. The SMILES string of the molecule is c1ccc(C2CNCCN2c2cc(N3CCOCC3)nc(N3CCNCC3c3ccccc3)n2)cc1. The molecule has 0 bridgehead atoms. The Morgan fingerprint density at radius 2 is 1.22 bits per heavy atom. The van der Waals surface area contributed by atoms with Crippen LogP contribution in [0.3, 0.4) is 0 Å². The molecule has 188 valence electrons. The summed E-state index contributed by atoms with van der Waals surface area (Å²) in [4.78, 5) is 17.6. The monoisotopic (exact) mass is 485 g/mol. The molecule has 0 spiro atoms. The third kappa shape index (κ3) is 4.89. The Kier molecular flexibility index (Phi) is 6.98. The molecule has 2 N–H and O–H groups in total. The summed E-state index contributed by atoms with van der Waals surface area (Å²) in [5.41, 5.74) is 2.60. The normalized spacial score (nSPS) is 23.1. The van der Waals surface area contributed by atoms with Crippen LogP contribution in [-0.2, 0) is 4.74 Å². The van der Waals surface area contributed by atoms with Gasteiger partial charge in [0.05, 0.1) is 25.3 Å². The van der Waals surface area contributed by atoms with Crippen molar-refractivity contribution in [3.63, 3.8) is 0 Å². The quantitative estimate of drug-likeness (QED) is 0.572. The highest BCUT2D eigenvalue weighted by Crippen LogP contribution is 2.33. The zero-order valence-corrected chi connectivity index (χ0v) is 20.7. The number of benzene rings is 2. The van der Waals surface area contributed by atoms with Crippen LogP contribution >= 0.6 is 0 Å². The minimum Gasteiger partial charge on any atom is -0.378 e. The number of ether oxygens (including phenoxy) is 1. The number of hydrogen-bond acceptors (Lipinski definition) is 8. The lowest BCUT2D eigenvalue weighted by molar-refractivity contribution is 0.122. The van der Waals surface area contributed by atoms with Gasteiger partial charge < -0.3 is 30.1 Å². The largest absolute Gasteiger partial charge is 0.378 e. The second kappa shape index (κ2) is 10.8. The van der Waals surface area contributed by atoms with Crippen LogP contribution in [0.5, 0.6) is 0 Å². The first-order chi connectivity index (χ1) is 17.9. The Balaban J connectivity index is 1.41. The molecule has 3 aromatic rings. The Morgan fingerprint density at radius 3 is 1.86 bits per heavy atom. The van der Waals surface area contributed by atoms with E-state index < -0.39 is 0 Å². The van der Waals surface area contributed by atoms with Gasteiger partial charge in [0.25, 0.3) is 0 Å². The van der Waals surface area contributed by atoms with Gasteiger partial charge in [0.1, 0.15) is 11.6 Å². The van der Waals surface area contributed by atoms with E-state index in [9.17, 15) is 0 Å². The average molecular weight is 486 g/mol. The molecule has 4 heterocycles. The second-order valence-electron chi connectivity index (χ2n) is 9.63. The molecular formula is C28H35N7O. The van der Waals surface area contributed by atoms with E-state index in [0.29, 0.717) is 0 Å². The first-order valence-corrected chi connectivity index (χ1v) is 13.1. The van der Waals surface area contributed by atoms with Crippen molar-refractivity contribution >= 4 is 17.6 Å². The lowest BCUT2D eigenvalue weighted by Crippen LogP contribution is -2.48. The van der Waals surface area contributed by atoms with E-state index in [1.165, 1.54) is 11.1 Å². The van der Waals surface area contributed by atoms with Crippen molar-refractivity contribution in [1.29, 1.82) is 0 Å². The van der Waals surface area contributed by atoms with Gasteiger partial charge in [-0.3, -0.25) is 0 Å². The van der Waals surface area contributed by atoms with Gasteiger partial charge in [0.15, 0.2) is 0 Å². The number of morpholine rings is 1. The van der Waals surface area contributed by atoms with Crippen molar-refractivity contribution in [2.45, 2.75) is 12.1 Å². The van der Waals surface area contributed by atoms with E-state index >= 15 is 0 Å². The Labute approximate surface area is 213 Å². The van der Waals surface area contributed by atoms with E-state index in [2.05, 4.69) is 92.1 Å². The van der Waals surface area contributed by atoms with Crippen LogP contribution in [0.15, 0.2) is 66.7 Å². The predicted octanol–water partition coefficient (Wildman–Crippen LogP) is 2.62. The molecule has 0 aliphatic carbocycles. The van der Waals surface area contributed by atoms with E-state index in [0.717, 1.165) is 83.2 Å². The molecule has 3 fully saturated rings. The molecule has 0 saturated carbocycles. The summed E-state index contributed by atoms with van der Waals surface area (Å²) in [6.45, 7) is 8.58. The summed E-state index contributed by atoms with van der Waals surface area (Å²) in [5.74, 6) is 2.81. The standard InChI is InChI=1S/C28H35N7O/c1-3-7-22(8-4-1)24-20-29-11-13-34(24)27-19-26(33-15-17-36-18-16-33)31-28(32-27)35-14-12-30-21-25(35)23-9-5-2-6-10-23/h1-10,19,24-25,29-30H,11-18,20-21H2. The maximum Gasteiger partial charge on any atom is 0.229 e. The molecule has 1 aromatic heterocycles. The third-order valence-corrected chi connectivity index (χ3v) is 7.43. The van der Waals surface area contributed by atoms with Crippen molar-refractivity contribution in [2.24, 2.45) is 0 Å². The first-order valence-electron chi connectivity index (χ1n) is 13.1. The molecule has 2 aromatic carbocycles. The van der Waals surface area contributed by atoms with Gasteiger partial charge in [-0.05, 0) is 11.1 Å². The van der Waals surface area contributed by atoms with Gasteiger partial charge in [-0.15, -0.1) is 0 Å². The Morgan fingerprint density at radius 1 is 0.667 bits per heavy atom. The number of nitrogens with one attached hydrogen (secondary N) is 2. The minimum atomic E-state index is 0.195. The highest BCUT2D eigenvalue weighted by atomic mass is 16.5. The Hall–Kier alpha value is -3.20. The van der Waals surface area contributed by atoms with Crippen molar-refractivity contribution < 1.29 is 4.74 Å². The molecule has 0 radical (unpaired) electrons. The van der Waals surface area contributed by atoms with Crippen LogP contribution < -0.4 is 25.3 Å². The number of aromatic nitrogens is 2. The number of piperazine rings is 2. The van der Waals surface area contributed by atoms with E-state index in [4.69, 9.17) is 14.7 Å². The molecule has 3 saturated heterocycles. The summed E-state index contributed by atoms with van der Waals surface area (Å²) in [7, 11) is 0. The fourth-order valence-electron chi connectivity index (χ4n) is 5.51. The molecule has 36 heavy (non-hydrogen) atoms. The lowest BCUT2D eigenvalue weighted by atomic mass is 10.0. The summed E-state index contributed by atoms with van der Waals surface area (Å²) < 4.78 is 5.64. The lowest BCUT2D eigenvalue weighted by Gasteiger charge is -2.40. The van der Waals surface area contributed by atoms with Crippen molar-refractivity contribution in [1.82, 2.24) is 20.6 Å². The Bertz CT molecular complexity index is 1050. The van der Waals surface area contributed by atoms with Crippen LogP contribution in [-0.4, -0.2) is 75.5 Å². The molecular weight excluding hydrogens is 450 g/mol. The number of hydrogen-bond donors (Lipinski definition) is 2. The van der Waals surface area contributed by atoms with Crippen LogP contribution in [0.25, 0.3) is 0 Å². The van der Waals surface area contributed by atoms with Crippen LogP contribution in [0, 0.1) is 0 Å². The topological polar surface area (TPSA) is 68.8 Å². The van der Waals surface area contributed by atoms with Gasteiger partial charge in [-0.2, -0.15) is 9.97 Å². The molecule has 2 unspecified atom stereocenters. The third-order valence-electron chi connectivity index (χ3n) is 7.43. The zero-order valence-electron chi connectivity index (χ0n) is 20.7. The van der Waals surface area contributed by atoms with Crippen molar-refractivity contribution in [3.8, 4) is 0 Å². The molecule has 8 heteroatoms. The van der Waals surface area contributed by atoms with Gasteiger partial charge in [-0.1, -0.05) is 60.7 Å². The van der Waals surface area contributed by atoms with E-state index in [1.807, 2.05) is 0 Å². The van der Waals surface area contributed by atoms with Crippen LogP contribution in [0.2, 0.25) is 0 Å². The number of anilines is 3. The molecule has 3 aliphatic heterocycles. The van der Waals surface area contributed by atoms with E-state index in [1.54, 1.807) is 0 Å². The number of rotatable bonds is 5. The molecule has 0 amide bonds. The van der Waals surface area contributed by atoms with Crippen LogP contribution in [0.4, 0.5) is 17.6 Å². The maximum atomic E-state index is 5.64. The highest BCUT2D eigenvalue weighted by Gasteiger charge is 2.30. The molecule has 6 rings (SSSR count). The highest BCUT2D eigenvalue weighted by molar-refractivity contribution is 5.58. The molecule has 8 nitrogen and oxygen atoms in total. The zero-order chi connectivity index (χ0) is 24.2. The van der Waals surface area contributed by atoms with Gasteiger partial charge in [0.2, 0.25) is 5.95 Å². The maximum absolute atomic E-state index is 5.64. The first kappa shape index (κ1) is 23.2. The smallest absolute Gasteiger partial charge is 0.229 e. The van der Waals surface area contributed by atoms with Crippen LogP contribution in [0.1, 0.15) is 23.2 Å². The minimum absolute atomic E-state index is 0.195. The number of nitrogens with zero attached hydrogens (tertiary/aromatic N) is 5. The average Bonchev–Trinajstić information content (AvgIpc) is 2.98. The summed E-state index contributed by atoms with van der Waals surface area (Å²) in [5, 5.41) is 7.16. The van der Waals surface area contributed by atoms with Crippen molar-refractivity contribution in [2.75, 3.05) is 80.3 Å². The molecule has 2 atom stereocenters. The second-order valence-corrected chi connectivity index (χ2v) is 9.63. The fraction of sp³-hybridized carbons (Fsp3) is 0.429. The van der Waals surface area contributed by atoms with Gasteiger partial charge in [0, 0.05) is 58.4 Å². The molecule has 3 aliphatic rings. The van der Waals surface area contributed by atoms with Crippen molar-refractivity contribution in [3.05, 3.63) is 77.9 Å². The summed E-state index contributed by atoms with van der Waals surface area (Å²) in [6, 6.07) is 24.1. The summed E-state index contributed by atoms with van der Waals surface area (Å²) >= 11 is 0. The van der Waals surface area contributed by atoms with E-state index in [-0.39, 0.29) is 12.1 Å². The van der Waals surface area contributed by atoms with Gasteiger partial charge >= 0.3 is 0 Å². The van der Waals surface area contributed by atoms with Gasteiger partial charge in [-0.25, -0.2) is 0 Å².